The van der Waals surface area contributed by atoms with Crippen molar-refractivity contribution in [3.05, 3.63) is 60.2 Å². The number of halogens is 1. The molecule has 2 aromatic carbocycles. The van der Waals surface area contributed by atoms with Gasteiger partial charge < -0.3 is 10.5 Å². The Morgan fingerprint density at radius 2 is 1.95 bits per heavy atom. The molecule has 0 aliphatic heterocycles. The van der Waals surface area contributed by atoms with Crippen molar-refractivity contribution in [2.24, 2.45) is 0 Å². The van der Waals surface area contributed by atoms with Crippen LogP contribution in [0, 0.1) is 12.7 Å². The summed E-state index contributed by atoms with van der Waals surface area (Å²) in [6.07, 6.45) is 3.36. The summed E-state index contributed by atoms with van der Waals surface area (Å²) in [5.74, 6) is 0.758. The molecule has 0 aliphatic carbocycles. The number of nitrogen functional groups attached to an aromatic ring is 1. The number of aryl methyl sites for hydroxylation is 1. The van der Waals surface area contributed by atoms with Crippen LogP contribution in [0.5, 0.6) is 11.5 Å². The molecule has 0 atom stereocenters. The number of anilines is 1. The van der Waals surface area contributed by atoms with Crippen LogP contribution < -0.4 is 10.5 Å². The zero-order valence-electron chi connectivity index (χ0n) is 10.9. The van der Waals surface area contributed by atoms with E-state index in [-0.39, 0.29) is 5.82 Å². The first-order chi connectivity index (χ1) is 9.65. The van der Waals surface area contributed by atoms with Crippen LogP contribution in [0.3, 0.4) is 0 Å². The van der Waals surface area contributed by atoms with E-state index in [0.717, 1.165) is 10.8 Å². The predicted molar refractivity (Wildman–Crippen MR) is 77.4 cm³/mol. The first kappa shape index (κ1) is 12.4. The summed E-state index contributed by atoms with van der Waals surface area (Å²) in [5.41, 5.74) is 7.16. The molecular weight excluding hydrogens is 255 g/mol. The lowest BCUT2D eigenvalue weighted by Crippen LogP contribution is -1.92. The summed E-state index contributed by atoms with van der Waals surface area (Å²) in [7, 11) is 0. The zero-order valence-corrected chi connectivity index (χ0v) is 10.9. The molecule has 0 amide bonds. The van der Waals surface area contributed by atoms with Gasteiger partial charge in [-0.15, -0.1) is 0 Å². The van der Waals surface area contributed by atoms with Crippen molar-refractivity contribution < 1.29 is 9.13 Å². The number of ether oxygens (including phenoxy) is 1. The first-order valence-electron chi connectivity index (χ1n) is 6.21. The van der Waals surface area contributed by atoms with Crippen molar-refractivity contribution in [2.45, 2.75) is 6.92 Å². The molecule has 3 nitrogen and oxygen atoms in total. The number of rotatable bonds is 2. The molecule has 0 aliphatic rings. The van der Waals surface area contributed by atoms with E-state index < -0.39 is 0 Å². The SMILES string of the molecule is Cc1ccc(Oc2ccc(N)c3ccncc23)cc1F. The molecule has 0 unspecified atom stereocenters. The highest BCUT2D eigenvalue weighted by atomic mass is 19.1. The highest BCUT2D eigenvalue weighted by Crippen LogP contribution is 2.32. The van der Waals surface area contributed by atoms with Gasteiger partial charge in [0.1, 0.15) is 17.3 Å². The Labute approximate surface area is 115 Å². The average molecular weight is 268 g/mol. The fourth-order valence-corrected chi connectivity index (χ4v) is 2.04. The Morgan fingerprint density at radius 3 is 2.75 bits per heavy atom. The summed E-state index contributed by atoms with van der Waals surface area (Å²) >= 11 is 0. The number of hydrogen-bond acceptors (Lipinski definition) is 3. The molecule has 0 radical (unpaired) electrons. The number of benzene rings is 2. The molecule has 0 saturated carbocycles. The van der Waals surface area contributed by atoms with E-state index in [1.807, 2.05) is 6.07 Å². The fraction of sp³-hybridized carbons (Fsp3) is 0.0625. The van der Waals surface area contributed by atoms with Crippen LogP contribution in [0.1, 0.15) is 5.56 Å². The predicted octanol–water partition coefficient (Wildman–Crippen LogP) is 4.06. The maximum absolute atomic E-state index is 13.5. The Hall–Kier alpha value is -2.62. The molecule has 0 bridgehead atoms. The summed E-state index contributed by atoms with van der Waals surface area (Å²) < 4.78 is 19.3. The number of nitrogens with zero attached hydrogens (tertiary/aromatic N) is 1. The van der Waals surface area contributed by atoms with Crippen LogP contribution in [0.2, 0.25) is 0 Å². The number of aromatic nitrogens is 1. The Balaban J connectivity index is 2.06. The molecule has 20 heavy (non-hydrogen) atoms. The van der Waals surface area contributed by atoms with Crippen molar-refractivity contribution >= 4 is 16.5 Å². The monoisotopic (exact) mass is 268 g/mol. The quantitative estimate of drug-likeness (QED) is 0.713. The van der Waals surface area contributed by atoms with Crippen LogP contribution in [0.15, 0.2) is 48.8 Å². The molecule has 4 heteroatoms. The summed E-state index contributed by atoms with van der Waals surface area (Å²) in [4.78, 5) is 4.08. The van der Waals surface area contributed by atoms with Crippen LogP contribution in [0.25, 0.3) is 10.8 Å². The minimum Gasteiger partial charge on any atom is -0.457 e. The second-order valence-corrected chi connectivity index (χ2v) is 4.59. The Kier molecular flexibility index (Phi) is 2.99. The lowest BCUT2D eigenvalue weighted by molar-refractivity contribution is 0.481. The Morgan fingerprint density at radius 1 is 1.10 bits per heavy atom. The summed E-state index contributed by atoms with van der Waals surface area (Å²) in [6.45, 7) is 1.71. The van der Waals surface area contributed by atoms with E-state index in [4.69, 9.17) is 10.5 Å². The molecule has 0 spiro atoms. The standard InChI is InChI=1S/C16H13FN2O/c1-10-2-3-11(8-14(10)17)20-16-5-4-15(18)12-6-7-19-9-13(12)16/h2-9H,18H2,1H3. The van der Waals surface area contributed by atoms with Crippen LogP contribution in [-0.2, 0) is 0 Å². The van der Waals surface area contributed by atoms with E-state index in [0.29, 0.717) is 22.7 Å². The van der Waals surface area contributed by atoms with Gasteiger partial charge in [-0.2, -0.15) is 0 Å². The van der Waals surface area contributed by atoms with Crippen LogP contribution in [-0.4, -0.2) is 4.98 Å². The van der Waals surface area contributed by atoms with Gasteiger partial charge in [0.2, 0.25) is 0 Å². The second-order valence-electron chi connectivity index (χ2n) is 4.59. The number of hydrogen-bond donors (Lipinski definition) is 1. The minimum atomic E-state index is -0.291. The minimum absolute atomic E-state index is 0.291. The topological polar surface area (TPSA) is 48.1 Å². The molecule has 1 heterocycles. The van der Waals surface area contributed by atoms with Crippen LogP contribution in [0.4, 0.5) is 10.1 Å². The largest absolute Gasteiger partial charge is 0.457 e. The van der Waals surface area contributed by atoms with E-state index >= 15 is 0 Å². The van der Waals surface area contributed by atoms with Gasteiger partial charge in [0.05, 0.1) is 0 Å². The molecule has 3 aromatic rings. The average Bonchev–Trinajstić information content (AvgIpc) is 2.46. The van der Waals surface area contributed by atoms with Gasteiger partial charge in [-0.05, 0) is 36.8 Å². The third-order valence-corrected chi connectivity index (χ3v) is 3.18. The third kappa shape index (κ3) is 2.16. The number of fused-ring (bicyclic) bond motifs is 1. The molecule has 1 aromatic heterocycles. The van der Waals surface area contributed by atoms with Crippen molar-refractivity contribution in [1.29, 1.82) is 0 Å². The van der Waals surface area contributed by atoms with Gasteiger partial charge >= 0.3 is 0 Å². The maximum Gasteiger partial charge on any atom is 0.136 e. The Bertz CT molecular complexity index is 787. The van der Waals surface area contributed by atoms with Gasteiger partial charge in [-0.1, -0.05) is 6.07 Å². The highest BCUT2D eigenvalue weighted by molar-refractivity contribution is 5.96. The lowest BCUT2D eigenvalue weighted by Gasteiger charge is -2.10. The van der Waals surface area contributed by atoms with Gasteiger partial charge in [0.15, 0.2) is 0 Å². The zero-order chi connectivity index (χ0) is 14.1. The normalized spacial score (nSPS) is 10.7. The fourth-order valence-electron chi connectivity index (χ4n) is 2.04. The van der Waals surface area contributed by atoms with Crippen molar-refractivity contribution in [3.8, 4) is 11.5 Å². The van der Waals surface area contributed by atoms with Crippen molar-refractivity contribution in [2.75, 3.05) is 5.73 Å². The van der Waals surface area contributed by atoms with E-state index in [1.165, 1.54) is 6.07 Å². The third-order valence-electron chi connectivity index (χ3n) is 3.18. The molecule has 100 valence electrons. The molecular formula is C16H13FN2O. The van der Waals surface area contributed by atoms with E-state index in [9.17, 15) is 4.39 Å². The van der Waals surface area contributed by atoms with Gasteiger partial charge in [-0.25, -0.2) is 4.39 Å². The van der Waals surface area contributed by atoms with Gasteiger partial charge in [0, 0.05) is 34.9 Å². The lowest BCUT2D eigenvalue weighted by atomic mass is 10.1. The van der Waals surface area contributed by atoms with E-state index in [2.05, 4.69) is 4.98 Å². The first-order valence-corrected chi connectivity index (χ1v) is 6.21. The summed E-state index contributed by atoms with van der Waals surface area (Å²) in [5, 5.41) is 1.67. The smallest absolute Gasteiger partial charge is 0.136 e. The molecule has 0 saturated heterocycles. The van der Waals surface area contributed by atoms with Crippen molar-refractivity contribution in [1.82, 2.24) is 4.98 Å². The number of pyridine rings is 1. The molecule has 2 N–H and O–H groups in total. The molecule has 0 fully saturated rings. The van der Waals surface area contributed by atoms with Gasteiger partial charge in [0.25, 0.3) is 0 Å². The van der Waals surface area contributed by atoms with E-state index in [1.54, 1.807) is 43.6 Å². The maximum atomic E-state index is 13.5. The number of nitrogens with two attached hydrogens (primary N) is 1. The van der Waals surface area contributed by atoms with Gasteiger partial charge in [-0.3, -0.25) is 4.98 Å². The van der Waals surface area contributed by atoms with Crippen molar-refractivity contribution in [3.63, 3.8) is 0 Å². The second kappa shape index (κ2) is 4.81. The van der Waals surface area contributed by atoms with Crippen LogP contribution >= 0.6 is 0 Å². The molecule has 3 rings (SSSR count). The highest BCUT2D eigenvalue weighted by Gasteiger charge is 2.07. The summed E-state index contributed by atoms with van der Waals surface area (Å²) in [6, 6.07) is 10.1.